The van der Waals surface area contributed by atoms with E-state index in [0.29, 0.717) is 13.1 Å². The number of rotatable bonds is 7. The van der Waals surface area contributed by atoms with Crippen LogP contribution in [0.5, 0.6) is 5.75 Å². The third-order valence-corrected chi connectivity index (χ3v) is 4.49. The maximum absolute atomic E-state index is 5.91. The molecular weight excluding hydrogens is 447 g/mol. The normalized spacial score (nSPS) is 12.2. The lowest BCUT2D eigenvalue weighted by atomic mass is 10.2. The number of halogens is 1. The third kappa shape index (κ3) is 7.60. The highest BCUT2D eigenvalue weighted by Crippen LogP contribution is 2.14. The lowest BCUT2D eigenvalue weighted by molar-refractivity contribution is 0.223. The number of aromatic nitrogens is 1. The molecule has 7 heteroatoms. The molecule has 0 aliphatic heterocycles. The molecule has 1 atom stereocenters. The Morgan fingerprint density at radius 1 is 1.36 bits per heavy atom. The van der Waals surface area contributed by atoms with Crippen LogP contribution in [0.4, 0.5) is 0 Å². The lowest BCUT2D eigenvalue weighted by Crippen LogP contribution is -2.41. The Kier molecular flexibility index (Phi) is 9.81. The van der Waals surface area contributed by atoms with Crippen molar-refractivity contribution in [3.05, 3.63) is 45.9 Å². The van der Waals surface area contributed by atoms with Gasteiger partial charge >= 0.3 is 0 Å². The molecule has 1 aromatic heterocycles. The first-order valence-electron chi connectivity index (χ1n) is 8.21. The van der Waals surface area contributed by atoms with Crippen LogP contribution in [0.2, 0.25) is 0 Å². The summed E-state index contributed by atoms with van der Waals surface area (Å²) in [5, 5.41) is 9.81. The van der Waals surface area contributed by atoms with E-state index in [2.05, 4.69) is 45.9 Å². The molecular formula is C18H27IN4OS. The Bertz CT molecular complexity index is 675. The molecule has 0 amide bonds. The van der Waals surface area contributed by atoms with Crippen LogP contribution >= 0.6 is 35.3 Å². The van der Waals surface area contributed by atoms with Gasteiger partial charge in [0.05, 0.1) is 23.8 Å². The average molecular weight is 474 g/mol. The summed E-state index contributed by atoms with van der Waals surface area (Å²) >= 11 is 1.70. The van der Waals surface area contributed by atoms with Gasteiger partial charge in [-0.3, -0.25) is 4.99 Å². The number of benzene rings is 1. The van der Waals surface area contributed by atoms with E-state index in [9.17, 15) is 0 Å². The van der Waals surface area contributed by atoms with Crippen molar-refractivity contribution in [1.29, 1.82) is 0 Å². The van der Waals surface area contributed by atoms with E-state index >= 15 is 0 Å². The Morgan fingerprint density at radius 3 is 2.80 bits per heavy atom. The van der Waals surface area contributed by atoms with Crippen LogP contribution in [-0.4, -0.2) is 30.6 Å². The second kappa shape index (κ2) is 11.3. The molecule has 1 unspecified atom stereocenters. The van der Waals surface area contributed by atoms with Gasteiger partial charge in [-0.2, -0.15) is 0 Å². The van der Waals surface area contributed by atoms with Crippen molar-refractivity contribution in [2.24, 2.45) is 4.99 Å². The summed E-state index contributed by atoms with van der Waals surface area (Å²) in [6.07, 6.45) is 1.02. The predicted octanol–water partition coefficient (Wildman–Crippen LogP) is 3.76. The fourth-order valence-electron chi connectivity index (χ4n) is 2.19. The zero-order valence-corrected chi connectivity index (χ0v) is 18.4. The largest absolute Gasteiger partial charge is 0.489 e. The molecule has 0 saturated carbocycles. The van der Waals surface area contributed by atoms with E-state index < -0.39 is 0 Å². The number of aryl methyl sites for hydroxylation is 2. The van der Waals surface area contributed by atoms with E-state index in [4.69, 9.17) is 4.74 Å². The SMILES string of the molecule is CCc1nc(CNC(=NC)NCC(C)Oc2cccc(C)c2)cs1.I. The van der Waals surface area contributed by atoms with Gasteiger partial charge < -0.3 is 15.4 Å². The van der Waals surface area contributed by atoms with Gasteiger partial charge in [0.25, 0.3) is 0 Å². The van der Waals surface area contributed by atoms with Gasteiger partial charge in [0.2, 0.25) is 0 Å². The number of nitrogens with one attached hydrogen (secondary N) is 2. The van der Waals surface area contributed by atoms with Gasteiger partial charge in [0, 0.05) is 12.4 Å². The van der Waals surface area contributed by atoms with E-state index in [0.717, 1.165) is 28.8 Å². The number of guanidine groups is 1. The summed E-state index contributed by atoms with van der Waals surface area (Å²) < 4.78 is 5.91. The molecule has 5 nitrogen and oxygen atoms in total. The summed E-state index contributed by atoms with van der Waals surface area (Å²) in [6, 6.07) is 8.08. The Hall–Kier alpha value is -1.35. The van der Waals surface area contributed by atoms with Crippen LogP contribution < -0.4 is 15.4 Å². The molecule has 25 heavy (non-hydrogen) atoms. The van der Waals surface area contributed by atoms with Crippen molar-refractivity contribution in [2.75, 3.05) is 13.6 Å². The Labute approximate surface area is 171 Å². The first kappa shape index (κ1) is 21.7. The molecule has 0 radical (unpaired) electrons. The van der Waals surface area contributed by atoms with Crippen LogP contribution in [0.1, 0.15) is 30.1 Å². The Balaban J connectivity index is 0.00000312. The van der Waals surface area contributed by atoms with Crippen molar-refractivity contribution in [1.82, 2.24) is 15.6 Å². The van der Waals surface area contributed by atoms with Gasteiger partial charge in [-0.1, -0.05) is 19.1 Å². The number of hydrogen-bond acceptors (Lipinski definition) is 4. The van der Waals surface area contributed by atoms with Crippen molar-refractivity contribution in [3.63, 3.8) is 0 Å². The van der Waals surface area contributed by atoms with Crippen molar-refractivity contribution >= 4 is 41.3 Å². The fourth-order valence-corrected chi connectivity index (χ4v) is 2.94. The van der Waals surface area contributed by atoms with Crippen molar-refractivity contribution in [2.45, 2.75) is 39.8 Å². The number of hydrogen-bond donors (Lipinski definition) is 2. The smallest absolute Gasteiger partial charge is 0.191 e. The van der Waals surface area contributed by atoms with E-state index in [1.807, 2.05) is 25.1 Å². The molecule has 2 rings (SSSR count). The maximum atomic E-state index is 5.91. The molecule has 0 saturated heterocycles. The minimum absolute atomic E-state index is 0. The second-order valence-electron chi connectivity index (χ2n) is 5.64. The average Bonchev–Trinajstić information content (AvgIpc) is 3.03. The van der Waals surface area contributed by atoms with E-state index in [1.165, 1.54) is 5.56 Å². The van der Waals surface area contributed by atoms with Gasteiger partial charge in [0.1, 0.15) is 11.9 Å². The molecule has 2 N–H and O–H groups in total. The molecule has 138 valence electrons. The number of nitrogens with zero attached hydrogens (tertiary/aromatic N) is 2. The third-order valence-electron chi connectivity index (χ3n) is 3.45. The fraction of sp³-hybridized carbons (Fsp3) is 0.444. The molecule has 0 aliphatic carbocycles. The van der Waals surface area contributed by atoms with Crippen LogP contribution in [0, 0.1) is 6.92 Å². The Morgan fingerprint density at radius 2 is 2.16 bits per heavy atom. The van der Waals surface area contributed by atoms with Gasteiger partial charge in [0.15, 0.2) is 5.96 Å². The van der Waals surface area contributed by atoms with Gasteiger partial charge in [-0.05, 0) is 38.0 Å². The quantitative estimate of drug-likeness (QED) is 0.365. The first-order chi connectivity index (χ1) is 11.6. The summed E-state index contributed by atoms with van der Waals surface area (Å²) in [5.74, 6) is 1.64. The highest BCUT2D eigenvalue weighted by Gasteiger charge is 2.07. The molecule has 1 heterocycles. The van der Waals surface area contributed by atoms with Crippen LogP contribution in [0.25, 0.3) is 0 Å². The zero-order valence-electron chi connectivity index (χ0n) is 15.2. The molecule has 0 spiro atoms. The monoisotopic (exact) mass is 474 g/mol. The van der Waals surface area contributed by atoms with Crippen LogP contribution in [-0.2, 0) is 13.0 Å². The van der Waals surface area contributed by atoms with Gasteiger partial charge in [-0.25, -0.2) is 4.98 Å². The minimum Gasteiger partial charge on any atom is -0.489 e. The maximum Gasteiger partial charge on any atom is 0.191 e. The highest BCUT2D eigenvalue weighted by atomic mass is 127. The predicted molar refractivity (Wildman–Crippen MR) is 116 cm³/mol. The zero-order chi connectivity index (χ0) is 17.4. The standard InChI is InChI=1S/C18H26N4OS.HI/c1-5-17-22-15(12-24-17)11-21-18(19-4)20-10-14(3)23-16-8-6-7-13(2)9-16;/h6-9,12,14H,5,10-11H2,1-4H3,(H2,19,20,21);1H. The summed E-state index contributed by atoms with van der Waals surface area (Å²) in [4.78, 5) is 8.78. The van der Waals surface area contributed by atoms with Crippen molar-refractivity contribution < 1.29 is 4.74 Å². The molecule has 2 aromatic rings. The summed E-state index contributed by atoms with van der Waals surface area (Å²) in [5.41, 5.74) is 2.24. The summed E-state index contributed by atoms with van der Waals surface area (Å²) in [7, 11) is 1.76. The lowest BCUT2D eigenvalue weighted by Gasteiger charge is -2.17. The minimum atomic E-state index is 0. The number of aliphatic imine (C=N–C) groups is 1. The van der Waals surface area contributed by atoms with Gasteiger partial charge in [-0.15, -0.1) is 35.3 Å². The second-order valence-corrected chi connectivity index (χ2v) is 6.58. The molecule has 0 aliphatic rings. The topological polar surface area (TPSA) is 58.5 Å². The molecule has 0 bridgehead atoms. The highest BCUT2D eigenvalue weighted by molar-refractivity contribution is 14.0. The number of ether oxygens (including phenoxy) is 1. The number of thiazole rings is 1. The van der Waals surface area contributed by atoms with E-state index in [1.54, 1.807) is 18.4 Å². The van der Waals surface area contributed by atoms with Crippen LogP contribution in [0.3, 0.4) is 0 Å². The molecule has 1 aromatic carbocycles. The van der Waals surface area contributed by atoms with Crippen molar-refractivity contribution in [3.8, 4) is 5.75 Å². The summed E-state index contributed by atoms with van der Waals surface area (Å²) in [6.45, 7) is 7.56. The van der Waals surface area contributed by atoms with E-state index in [-0.39, 0.29) is 30.1 Å². The molecule has 0 fully saturated rings. The first-order valence-corrected chi connectivity index (χ1v) is 9.09. The van der Waals surface area contributed by atoms with Crippen LogP contribution in [0.15, 0.2) is 34.6 Å².